The quantitative estimate of drug-likeness (QED) is 0.208. The van der Waals surface area contributed by atoms with Crippen LogP contribution in [-0.4, -0.2) is 37.7 Å². The highest BCUT2D eigenvalue weighted by Crippen LogP contribution is 2.36. The van der Waals surface area contributed by atoms with E-state index in [0.29, 0.717) is 0 Å². The van der Waals surface area contributed by atoms with Crippen molar-refractivity contribution in [1.29, 1.82) is 0 Å². The first kappa shape index (κ1) is 22.3. The smallest absolute Gasteiger partial charge is 0.387 e. The molecule has 0 N–H and O–H groups in total. The van der Waals surface area contributed by atoms with Crippen molar-refractivity contribution in [2.24, 2.45) is 0 Å². The average molecular weight is 423 g/mol. The molecule has 0 amide bonds. The lowest BCUT2D eigenvalue weighted by atomic mass is 10.1. The number of rotatable bonds is 8. The summed E-state index contributed by atoms with van der Waals surface area (Å²) in [7, 11) is 2.39. The number of nitrogens with zero attached hydrogens (tertiary/aromatic N) is 1. The second-order valence-corrected chi connectivity index (χ2v) is 5.47. The van der Waals surface area contributed by atoms with E-state index in [9.17, 15) is 28.5 Å². The largest absolute Gasteiger partial charge is 0.493 e. The lowest BCUT2D eigenvalue weighted by Crippen LogP contribution is -2.06. The van der Waals surface area contributed by atoms with Crippen molar-refractivity contribution in [2.75, 3.05) is 14.2 Å². The molecule has 0 unspecified atom stereocenters. The normalized spacial score (nSPS) is 10.7. The van der Waals surface area contributed by atoms with Gasteiger partial charge in [-0.15, -0.1) is 0 Å². The molecule has 11 heteroatoms. The summed E-state index contributed by atoms with van der Waals surface area (Å²) in [6.45, 7) is -3.21. The lowest BCUT2D eigenvalue weighted by molar-refractivity contribution is -0.385. The highest BCUT2D eigenvalue weighted by Gasteiger charge is 2.20. The summed E-state index contributed by atoms with van der Waals surface area (Å²) in [5, 5.41) is 11.2. The predicted octanol–water partition coefficient (Wildman–Crippen LogP) is 3.61. The number of nitro groups is 1. The maximum absolute atomic E-state index is 12.5. The van der Waals surface area contributed by atoms with Gasteiger partial charge in [-0.2, -0.15) is 8.78 Å². The van der Waals surface area contributed by atoms with Crippen molar-refractivity contribution in [3.05, 3.63) is 63.7 Å². The predicted molar refractivity (Wildman–Crippen MR) is 98.7 cm³/mol. The van der Waals surface area contributed by atoms with Gasteiger partial charge in [0.2, 0.25) is 0 Å². The summed E-state index contributed by atoms with van der Waals surface area (Å²) >= 11 is 0. The molecule has 0 aromatic heterocycles. The first-order chi connectivity index (χ1) is 14.2. The molecule has 0 atom stereocenters. The summed E-state index contributed by atoms with van der Waals surface area (Å²) in [6.07, 6.45) is 1.97. The zero-order chi connectivity index (χ0) is 22.3. The lowest BCUT2D eigenvalue weighted by Gasteiger charge is -2.10. The molecule has 0 fully saturated rings. The minimum atomic E-state index is -3.21. The molecule has 2 aromatic rings. The Labute approximate surface area is 168 Å². The van der Waals surface area contributed by atoms with E-state index in [2.05, 4.69) is 9.47 Å². The van der Waals surface area contributed by atoms with Gasteiger partial charge in [0.25, 0.3) is 5.69 Å². The van der Waals surface area contributed by atoms with Gasteiger partial charge in [0, 0.05) is 6.08 Å². The van der Waals surface area contributed by atoms with Gasteiger partial charge in [-0.05, 0) is 36.4 Å². The number of alkyl halides is 2. The van der Waals surface area contributed by atoms with Crippen LogP contribution >= 0.6 is 0 Å². The molecule has 9 nitrogen and oxygen atoms in total. The van der Waals surface area contributed by atoms with E-state index < -0.39 is 34.9 Å². The fourth-order valence-corrected chi connectivity index (χ4v) is 2.29. The molecule has 2 aromatic carbocycles. The van der Waals surface area contributed by atoms with Crippen molar-refractivity contribution < 1.29 is 42.2 Å². The van der Waals surface area contributed by atoms with Crippen molar-refractivity contribution in [1.82, 2.24) is 0 Å². The van der Waals surface area contributed by atoms with Gasteiger partial charge in [-0.25, -0.2) is 9.59 Å². The molecule has 158 valence electrons. The maximum atomic E-state index is 12.5. The van der Waals surface area contributed by atoms with Crippen molar-refractivity contribution >= 4 is 23.7 Å². The van der Waals surface area contributed by atoms with Crippen molar-refractivity contribution in [3.8, 4) is 17.2 Å². The number of ether oxygens (including phenoxy) is 4. The molecule has 0 heterocycles. The van der Waals surface area contributed by atoms with Crippen LogP contribution in [0.4, 0.5) is 14.5 Å². The van der Waals surface area contributed by atoms with E-state index in [1.165, 1.54) is 38.5 Å². The van der Waals surface area contributed by atoms with Crippen LogP contribution in [0.5, 0.6) is 17.2 Å². The summed E-state index contributed by atoms with van der Waals surface area (Å²) in [6, 6.07) is 7.33. The van der Waals surface area contributed by atoms with Gasteiger partial charge in [0.15, 0.2) is 11.5 Å². The Balaban J connectivity index is 2.22. The van der Waals surface area contributed by atoms with Gasteiger partial charge >= 0.3 is 18.6 Å². The molecule has 0 bridgehead atoms. The minimum absolute atomic E-state index is 0.101. The number of benzene rings is 2. The average Bonchev–Trinajstić information content (AvgIpc) is 2.71. The second kappa shape index (κ2) is 9.96. The standard InChI is InChI=1S/C19H15F2NO8/c1-27-15-9-12(14(22(25)26)10-16(15)30-19(20)21)5-8-17(23)29-13-6-3-11(4-7-13)18(24)28-2/h3-10,19H,1-2H3/b8-5+. The van der Waals surface area contributed by atoms with Crippen LogP contribution in [0.2, 0.25) is 0 Å². The Bertz CT molecular complexity index is 973. The molecule has 0 aliphatic rings. The SMILES string of the molecule is COC(=O)c1ccc(OC(=O)/C=C/c2cc(OC)c(OC(F)F)cc2[N+](=O)[O-])cc1. The Hall–Kier alpha value is -4.02. The highest BCUT2D eigenvalue weighted by molar-refractivity contribution is 5.91. The number of halogens is 2. The Morgan fingerprint density at radius 2 is 1.77 bits per heavy atom. The molecule has 2 rings (SSSR count). The Morgan fingerprint density at radius 1 is 1.10 bits per heavy atom. The summed E-state index contributed by atoms with van der Waals surface area (Å²) < 4.78 is 43.6. The fraction of sp³-hybridized carbons (Fsp3) is 0.158. The van der Waals surface area contributed by atoms with Crippen LogP contribution in [0.15, 0.2) is 42.5 Å². The van der Waals surface area contributed by atoms with E-state index in [4.69, 9.17) is 9.47 Å². The van der Waals surface area contributed by atoms with E-state index in [1.54, 1.807) is 0 Å². The van der Waals surface area contributed by atoms with Gasteiger partial charge in [-0.1, -0.05) is 0 Å². The molecular formula is C19H15F2NO8. The van der Waals surface area contributed by atoms with E-state index in [0.717, 1.165) is 24.3 Å². The first-order valence-corrected chi connectivity index (χ1v) is 8.14. The number of hydrogen-bond donors (Lipinski definition) is 0. The number of esters is 2. The molecule has 30 heavy (non-hydrogen) atoms. The van der Waals surface area contributed by atoms with Crippen LogP contribution in [0.25, 0.3) is 6.08 Å². The summed E-state index contributed by atoms with van der Waals surface area (Å²) in [4.78, 5) is 33.8. The first-order valence-electron chi connectivity index (χ1n) is 8.14. The molecule has 0 saturated heterocycles. The van der Waals surface area contributed by atoms with E-state index in [-0.39, 0.29) is 22.6 Å². The fourth-order valence-electron chi connectivity index (χ4n) is 2.29. The summed E-state index contributed by atoms with van der Waals surface area (Å²) in [5.41, 5.74) is -0.434. The molecule has 0 aliphatic heterocycles. The monoisotopic (exact) mass is 423 g/mol. The minimum Gasteiger partial charge on any atom is -0.493 e. The van der Waals surface area contributed by atoms with Crippen LogP contribution < -0.4 is 14.2 Å². The number of methoxy groups -OCH3 is 2. The molecule has 0 saturated carbocycles. The van der Waals surface area contributed by atoms with Crippen LogP contribution in [0.3, 0.4) is 0 Å². The van der Waals surface area contributed by atoms with Crippen molar-refractivity contribution in [3.63, 3.8) is 0 Å². The highest BCUT2D eigenvalue weighted by atomic mass is 19.3. The van der Waals surface area contributed by atoms with Gasteiger partial charge < -0.3 is 18.9 Å². The summed E-state index contributed by atoms with van der Waals surface area (Å²) in [5.74, 6) is -2.03. The van der Waals surface area contributed by atoms with Crippen molar-refractivity contribution in [2.45, 2.75) is 6.61 Å². The Morgan fingerprint density at radius 3 is 2.30 bits per heavy atom. The maximum Gasteiger partial charge on any atom is 0.387 e. The number of carbonyl (C=O) groups excluding carboxylic acids is 2. The molecule has 0 spiro atoms. The molecular weight excluding hydrogens is 408 g/mol. The van der Waals surface area contributed by atoms with Gasteiger partial charge in [0.1, 0.15) is 5.75 Å². The van der Waals surface area contributed by atoms with E-state index >= 15 is 0 Å². The third-order valence-corrected chi connectivity index (χ3v) is 3.62. The topological polar surface area (TPSA) is 114 Å². The molecule has 0 aliphatic carbocycles. The van der Waals surface area contributed by atoms with Crippen LogP contribution in [0.1, 0.15) is 15.9 Å². The second-order valence-electron chi connectivity index (χ2n) is 5.47. The van der Waals surface area contributed by atoms with Crippen LogP contribution in [0, 0.1) is 10.1 Å². The molecule has 0 radical (unpaired) electrons. The Kier molecular flexibility index (Phi) is 7.39. The van der Waals surface area contributed by atoms with Crippen LogP contribution in [-0.2, 0) is 9.53 Å². The zero-order valence-electron chi connectivity index (χ0n) is 15.7. The number of nitro benzene ring substituents is 1. The zero-order valence-corrected chi connectivity index (χ0v) is 15.7. The van der Waals surface area contributed by atoms with Gasteiger partial charge in [0.05, 0.1) is 36.3 Å². The third-order valence-electron chi connectivity index (χ3n) is 3.62. The van der Waals surface area contributed by atoms with E-state index in [1.807, 2.05) is 0 Å². The number of hydrogen-bond acceptors (Lipinski definition) is 8. The number of carbonyl (C=O) groups is 2. The third kappa shape index (κ3) is 5.74. The van der Waals surface area contributed by atoms with Gasteiger partial charge in [-0.3, -0.25) is 10.1 Å².